The van der Waals surface area contributed by atoms with Crippen LogP contribution < -0.4 is 5.32 Å². The molecule has 3 nitrogen and oxygen atoms in total. The summed E-state index contributed by atoms with van der Waals surface area (Å²) in [5.41, 5.74) is 2.58. The van der Waals surface area contributed by atoms with E-state index in [9.17, 15) is 0 Å². The van der Waals surface area contributed by atoms with Crippen LogP contribution in [0, 0.1) is 0 Å². The van der Waals surface area contributed by atoms with Crippen LogP contribution in [0.3, 0.4) is 0 Å². The van der Waals surface area contributed by atoms with Crippen LogP contribution in [0.15, 0.2) is 54.7 Å². The summed E-state index contributed by atoms with van der Waals surface area (Å²) < 4.78 is 5.76. The molecule has 0 unspecified atom stereocenters. The van der Waals surface area contributed by atoms with Crippen LogP contribution in [0.4, 0.5) is 0 Å². The highest BCUT2D eigenvalue weighted by Crippen LogP contribution is 2.06. The van der Waals surface area contributed by atoms with Crippen LogP contribution >= 0.6 is 0 Å². The van der Waals surface area contributed by atoms with E-state index in [4.69, 9.17) is 4.74 Å². The number of rotatable bonds is 16. The standard InChI is InChI=1S/C24H36N2O/c1(8-16-24-17-9-11-19-26-24)3-12-20-27-21-13-4-2-10-18-25-22-23-14-6-5-7-15-23/h5-7,9,11,14-15,17,19,25H,1-4,8,10,12-13,16,18,20-22H2. The van der Waals surface area contributed by atoms with Crippen molar-refractivity contribution in [2.75, 3.05) is 19.8 Å². The Hall–Kier alpha value is -1.71. The van der Waals surface area contributed by atoms with Crippen LogP contribution in [-0.2, 0) is 17.7 Å². The van der Waals surface area contributed by atoms with Crippen molar-refractivity contribution in [3.05, 3.63) is 66.0 Å². The van der Waals surface area contributed by atoms with E-state index in [2.05, 4.69) is 52.8 Å². The lowest BCUT2D eigenvalue weighted by Gasteiger charge is -2.06. The van der Waals surface area contributed by atoms with E-state index in [1.165, 1.54) is 62.6 Å². The maximum atomic E-state index is 5.76. The molecule has 0 bridgehead atoms. The van der Waals surface area contributed by atoms with Gasteiger partial charge in [0, 0.05) is 31.6 Å². The van der Waals surface area contributed by atoms with Crippen molar-refractivity contribution < 1.29 is 4.74 Å². The molecule has 1 aromatic carbocycles. The molecule has 2 aromatic rings. The molecule has 0 radical (unpaired) electrons. The predicted molar refractivity (Wildman–Crippen MR) is 114 cm³/mol. The highest BCUT2D eigenvalue weighted by molar-refractivity contribution is 5.14. The van der Waals surface area contributed by atoms with Crippen LogP contribution in [0.1, 0.15) is 62.6 Å². The Morgan fingerprint density at radius 2 is 1.41 bits per heavy atom. The van der Waals surface area contributed by atoms with E-state index in [1.54, 1.807) is 0 Å². The number of aryl methyl sites for hydroxylation is 1. The first-order chi connectivity index (χ1) is 13.4. The molecular formula is C24H36N2O. The van der Waals surface area contributed by atoms with Gasteiger partial charge in [0.15, 0.2) is 0 Å². The van der Waals surface area contributed by atoms with Crippen LogP contribution in [0.25, 0.3) is 0 Å². The lowest BCUT2D eigenvalue weighted by molar-refractivity contribution is 0.125. The average Bonchev–Trinajstić information content (AvgIpc) is 2.72. The molecule has 0 aliphatic rings. The number of ether oxygens (including phenoxy) is 1. The highest BCUT2D eigenvalue weighted by Gasteiger charge is 1.96. The quantitative estimate of drug-likeness (QED) is 0.394. The summed E-state index contributed by atoms with van der Waals surface area (Å²) in [6.45, 7) is 3.92. The van der Waals surface area contributed by atoms with Gasteiger partial charge in [-0.3, -0.25) is 4.98 Å². The van der Waals surface area contributed by atoms with Crippen molar-refractivity contribution in [3.63, 3.8) is 0 Å². The maximum absolute atomic E-state index is 5.76. The predicted octanol–water partition coefficient (Wildman–Crippen LogP) is 5.55. The second-order valence-electron chi connectivity index (χ2n) is 7.17. The molecular weight excluding hydrogens is 332 g/mol. The van der Waals surface area contributed by atoms with Gasteiger partial charge in [0.05, 0.1) is 0 Å². The fourth-order valence-electron chi connectivity index (χ4n) is 3.15. The molecule has 0 fully saturated rings. The Labute approximate surface area is 165 Å². The lowest BCUT2D eigenvalue weighted by Crippen LogP contribution is -2.14. The van der Waals surface area contributed by atoms with Crippen LogP contribution in [-0.4, -0.2) is 24.7 Å². The maximum Gasteiger partial charge on any atom is 0.0466 e. The van der Waals surface area contributed by atoms with Gasteiger partial charge >= 0.3 is 0 Å². The van der Waals surface area contributed by atoms with Gasteiger partial charge in [-0.15, -0.1) is 0 Å². The second kappa shape index (κ2) is 15.4. The summed E-state index contributed by atoms with van der Waals surface area (Å²) in [7, 11) is 0. The number of benzene rings is 1. The van der Waals surface area contributed by atoms with E-state index in [0.29, 0.717) is 0 Å². The first-order valence-electron chi connectivity index (χ1n) is 10.7. The normalized spacial score (nSPS) is 11.0. The summed E-state index contributed by atoms with van der Waals surface area (Å²) in [5, 5.41) is 3.51. The molecule has 2 rings (SSSR count). The van der Waals surface area contributed by atoms with E-state index >= 15 is 0 Å². The zero-order valence-corrected chi connectivity index (χ0v) is 16.7. The number of unbranched alkanes of at least 4 members (excludes halogenated alkanes) is 6. The SMILES string of the molecule is c1ccc(CNCCCCCCOCCCCCCc2ccccn2)cc1. The first-order valence-corrected chi connectivity index (χ1v) is 10.7. The zero-order chi connectivity index (χ0) is 18.8. The van der Waals surface area contributed by atoms with E-state index in [-0.39, 0.29) is 0 Å². The fraction of sp³-hybridized carbons (Fsp3) is 0.542. The van der Waals surface area contributed by atoms with E-state index in [0.717, 1.165) is 32.7 Å². The summed E-state index contributed by atoms with van der Waals surface area (Å²) in [4.78, 5) is 4.36. The Balaban J connectivity index is 1.26. The molecule has 0 spiro atoms. The van der Waals surface area contributed by atoms with Gasteiger partial charge in [0.25, 0.3) is 0 Å². The molecule has 0 saturated carbocycles. The monoisotopic (exact) mass is 368 g/mol. The zero-order valence-electron chi connectivity index (χ0n) is 16.7. The van der Waals surface area contributed by atoms with Crippen molar-refractivity contribution in [1.82, 2.24) is 10.3 Å². The van der Waals surface area contributed by atoms with Gasteiger partial charge in [-0.2, -0.15) is 0 Å². The minimum Gasteiger partial charge on any atom is -0.381 e. The Morgan fingerprint density at radius 3 is 2.15 bits per heavy atom. The molecule has 3 heteroatoms. The minimum absolute atomic E-state index is 0.919. The number of aromatic nitrogens is 1. The van der Waals surface area contributed by atoms with Crippen molar-refractivity contribution in [1.29, 1.82) is 0 Å². The van der Waals surface area contributed by atoms with Crippen LogP contribution in [0.2, 0.25) is 0 Å². The molecule has 0 amide bonds. The third-order valence-electron chi connectivity index (χ3n) is 4.76. The van der Waals surface area contributed by atoms with Gasteiger partial charge < -0.3 is 10.1 Å². The number of hydrogen-bond donors (Lipinski definition) is 1. The van der Waals surface area contributed by atoms with Crippen LogP contribution in [0.5, 0.6) is 0 Å². The van der Waals surface area contributed by atoms with E-state index in [1.807, 2.05) is 12.3 Å². The lowest BCUT2D eigenvalue weighted by atomic mass is 10.1. The summed E-state index contributed by atoms with van der Waals surface area (Å²) in [5.74, 6) is 0. The Morgan fingerprint density at radius 1 is 0.704 bits per heavy atom. The smallest absolute Gasteiger partial charge is 0.0466 e. The van der Waals surface area contributed by atoms with Gasteiger partial charge in [-0.05, 0) is 56.3 Å². The number of nitrogens with one attached hydrogen (secondary N) is 1. The van der Waals surface area contributed by atoms with Crippen molar-refractivity contribution >= 4 is 0 Å². The summed E-state index contributed by atoms with van der Waals surface area (Å²) in [6.07, 6.45) is 12.9. The molecule has 148 valence electrons. The Kier molecular flexibility index (Phi) is 12.3. The molecule has 1 N–H and O–H groups in total. The first kappa shape index (κ1) is 21.6. The number of nitrogens with zero attached hydrogens (tertiary/aromatic N) is 1. The molecule has 0 atom stereocenters. The molecule has 0 aliphatic carbocycles. The highest BCUT2D eigenvalue weighted by atomic mass is 16.5. The molecule has 0 saturated heterocycles. The summed E-state index contributed by atoms with van der Waals surface area (Å²) in [6, 6.07) is 16.8. The van der Waals surface area contributed by atoms with E-state index < -0.39 is 0 Å². The molecule has 27 heavy (non-hydrogen) atoms. The minimum atomic E-state index is 0.919. The average molecular weight is 369 g/mol. The third kappa shape index (κ3) is 11.6. The molecule has 0 aliphatic heterocycles. The number of hydrogen-bond acceptors (Lipinski definition) is 3. The van der Waals surface area contributed by atoms with Crippen molar-refractivity contribution in [2.24, 2.45) is 0 Å². The molecule has 1 heterocycles. The van der Waals surface area contributed by atoms with Crippen molar-refractivity contribution in [3.8, 4) is 0 Å². The second-order valence-corrected chi connectivity index (χ2v) is 7.17. The third-order valence-corrected chi connectivity index (χ3v) is 4.76. The molecule has 1 aromatic heterocycles. The van der Waals surface area contributed by atoms with Gasteiger partial charge in [-0.25, -0.2) is 0 Å². The topological polar surface area (TPSA) is 34.1 Å². The number of pyridine rings is 1. The van der Waals surface area contributed by atoms with Crippen molar-refractivity contribution in [2.45, 2.75) is 64.3 Å². The Bertz CT molecular complexity index is 508. The fourth-order valence-corrected chi connectivity index (χ4v) is 3.15. The van der Waals surface area contributed by atoms with Gasteiger partial charge in [0.2, 0.25) is 0 Å². The van der Waals surface area contributed by atoms with Gasteiger partial charge in [0.1, 0.15) is 0 Å². The van der Waals surface area contributed by atoms with Gasteiger partial charge in [-0.1, -0.05) is 62.1 Å². The largest absolute Gasteiger partial charge is 0.381 e. The summed E-state index contributed by atoms with van der Waals surface area (Å²) >= 11 is 0.